The standard InChI is InChI=1S/C26H26N4O3S/c1-33-20-11-5-7-17(13-20)14-27-24(31)19-10-6-12-30(15-19)26-28-22-21(18-8-3-2-4-9-18)16-34-23(22)25(32)29-26/h2-5,7-9,11,13,16,19H,6,10,12,14-15H2,1H3,(H,27,31)(H,28,29,32). The molecule has 2 aromatic heterocycles. The van der Waals surface area contributed by atoms with Crippen molar-refractivity contribution in [1.29, 1.82) is 0 Å². The highest BCUT2D eigenvalue weighted by atomic mass is 32.1. The lowest BCUT2D eigenvalue weighted by Gasteiger charge is -2.32. The first-order valence-electron chi connectivity index (χ1n) is 11.3. The number of aromatic nitrogens is 2. The maximum Gasteiger partial charge on any atom is 0.270 e. The zero-order chi connectivity index (χ0) is 23.5. The number of amides is 1. The highest BCUT2D eigenvalue weighted by molar-refractivity contribution is 7.17. The van der Waals surface area contributed by atoms with Crippen LogP contribution in [0, 0.1) is 5.92 Å². The lowest BCUT2D eigenvalue weighted by molar-refractivity contribution is -0.125. The molecule has 1 atom stereocenters. The Hall–Kier alpha value is -3.65. The highest BCUT2D eigenvalue weighted by Crippen LogP contribution is 2.32. The SMILES string of the molecule is COc1cccc(CNC(=O)C2CCCN(c3nc4c(-c5ccccc5)csc4c(=O)[nH]3)C2)c1. The van der Waals surface area contributed by atoms with Gasteiger partial charge in [-0.25, -0.2) is 4.98 Å². The number of carbonyl (C=O) groups is 1. The fourth-order valence-corrected chi connectivity index (χ4v) is 5.30. The number of hydrogen-bond donors (Lipinski definition) is 2. The smallest absolute Gasteiger partial charge is 0.270 e. The van der Waals surface area contributed by atoms with Gasteiger partial charge in [0.25, 0.3) is 5.56 Å². The second kappa shape index (κ2) is 9.69. The number of thiophene rings is 1. The van der Waals surface area contributed by atoms with Gasteiger partial charge in [0.05, 0.1) is 18.5 Å². The number of benzene rings is 2. The van der Waals surface area contributed by atoms with Crippen molar-refractivity contribution in [3.8, 4) is 16.9 Å². The fraction of sp³-hybridized carbons (Fsp3) is 0.269. The van der Waals surface area contributed by atoms with Crippen molar-refractivity contribution in [1.82, 2.24) is 15.3 Å². The Morgan fingerprint density at radius 3 is 2.91 bits per heavy atom. The van der Waals surface area contributed by atoms with Crippen LogP contribution < -0.4 is 20.5 Å². The van der Waals surface area contributed by atoms with Crippen molar-refractivity contribution in [2.75, 3.05) is 25.1 Å². The van der Waals surface area contributed by atoms with Gasteiger partial charge in [0, 0.05) is 30.6 Å². The molecule has 1 fully saturated rings. The molecular weight excluding hydrogens is 448 g/mol. The molecule has 4 aromatic rings. The number of nitrogens with zero attached hydrogens (tertiary/aromatic N) is 2. The summed E-state index contributed by atoms with van der Waals surface area (Å²) in [6.07, 6.45) is 1.66. The third kappa shape index (κ3) is 4.54. The van der Waals surface area contributed by atoms with E-state index in [1.54, 1.807) is 7.11 Å². The molecule has 1 aliphatic rings. The first kappa shape index (κ1) is 22.2. The first-order valence-corrected chi connectivity index (χ1v) is 12.2. The number of rotatable bonds is 6. The summed E-state index contributed by atoms with van der Waals surface area (Å²) in [5, 5.41) is 5.03. The number of fused-ring (bicyclic) bond motifs is 1. The molecule has 174 valence electrons. The third-order valence-corrected chi connectivity index (χ3v) is 7.16. The van der Waals surface area contributed by atoms with Gasteiger partial charge < -0.3 is 15.0 Å². The van der Waals surface area contributed by atoms with Crippen LogP contribution in [0.1, 0.15) is 18.4 Å². The maximum atomic E-state index is 12.9. The number of ether oxygens (including phenoxy) is 1. The minimum atomic E-state index is -0.170. The molecule has 5 rings (SSSR count). The summed E-state index contributed by atoms with van der Waals surface area (Å²) < 4.78 is 5.88. The molecule has 0 aliphatic carbocycles. The largest absolute Gasteiger partial charge is 0.497 e. The van der Waals surface area contributed by atoms with E-state index in [4.69, 9.17) is 9.72 Å². The Labute approximate surface area is 201 Å². The summed E-state index contributed by atoms with van der Waals surface area (Å²) >= 11 is 1.41. The van der Waals surface area contributed by atoms with Gasteiger partial charge in [0.15, 0.2) is 0 Å². The second-order valence-electron chi connectivity index (χ2n) is 8.44. The normalized spacial score (nSPS) is 15.9. The summed E-state index contributed by atoms with van der Waals surface area (Å²) in [4.78, 5) is 35.5. The van der Waals surface area contributed by atoms with Gasteiger partial charge in [-0.1, -0.05) is 42.5 Å². The van der Waals surface area contributed by atoms with E-state index in [0.717, 1.165) is 41.8 Å². The van der Waals surface area contributed by atoms with E-state index in [0.29, 0.717) is 29.3 Å². The van der Waals surface area contributed by atoms with E-state index >= 15 is 0 Å². The van der Waals surface area contributed by atoms with Crippen molar-refractivity contribution in [2.24, 2.45) is 5.92 Å². The summed E-state index contributed by atoms with van der Waals surface area (Å²) in [7, 11) is 1.63. The molecule has 1 unspecified atom stereocenters. The molecule has 1 amide bonds. The van der Waals surface area contributed by atoms with E-state index in [1.165, 1.54) is 11.3 Å². The Balaban J connectivity index is 1.33. The molecule has 0 radical (unpaired) electrons. The second-order valence-corrected chi connectivity index (χ2v) is 9.32. The van der Waals surface area contributed by atoms with Crippen LogP contribution in [0.15, 0.2) is 64.8 Å². The van der Waals surface area contributed by atoms with E-state index in [9.17, 15) is 9.59 Å². The number of piperidine rings is 1. The van der Waals surface area contributed by atoms with Crippen molar-refractivity contribution in [3.05, 3.63) is 75.9 Å². The van der Waals surface area contributed by atoms with Gasteiger partial charge in [-0.3, -0.25) is 14.6 Å². The van der Waals surface area contributed by atoms with Crippen LogP contribution in [0.5, 0.6) is 5.75 Å². The molecule has 3 heterocycles. The van der Waals surface area contributed by atoms with Crippen LogP contribution in [0.25, 0.3) is 21.3 Å². The summed E-state index contributed by atoms with van der Waals surface area (Å²) in [6.45, 7) is 1.71. The molecule has 2 aromatic carbocycles. The number of hydrogen-bond acceptors (Lipinski definition) is 6. The molecule has 2 N–H and O–H groups in total. The van der Waals surface area contributed by atoms with Gasteiger partial charge in [-0.15, -0.1) is 11.3 Å². The fourth-order valence-electron chi connectivity index (χ4n) is 4.39. The Morgan fingerprint density at radius 2 is 2.09 bits per heavy atom. The minimum absolute atomic E-state index is 0.0106. The molecule has 8 heteroatoms. The molecule has 1 aliphatic heterocycles. The van der Waals surface area contributed by atoms with Crippen LogP contribution in [-0.4, -0.2) is 36.1 Å². The highest BCUT2D eigenvalue weighted by Gasteiger charge is 2.27. The van der Waals surface area contributed by atoms with Crippen molar-refractivity contribution >= 4 is 33.4 Å². The minimum Gasteiger partial charge on any atom is -0.497 e. The lowest BCUT2D eigenvalue weighted by Crippen LogP contribution is -2.44. The van der Waals surface area contributed by atoms with Gasteiger partial charge in [-0.05, 0) is 36.1 Å². The number of methoxy groups -OCH3 is 1. The average molecular weight is 475 g/mol. The summed E-state index contributed by atoms with van der Waals surface area (Å²) in [6, 6.07) is 17.6. The van der Waals surface area contributed by atoms with Crippen molar-refractivity contribution < 1.29 is 9.53 Å². The number of nitrogens with one attached hydrogen (secondary N) is 2. The zero-order valence-electron chi connectivity index (χ0n) is 18.9. The van der Waals surface area contributed by atoms with Crippen LogP contribution in [-0.2, 0) is 11.3 Å². The molecule has 0 bridgehead atoms. The summed E-state index contributed by atoms with van der Waals surface area (Å²) in [5.74, 6) is 1.13. The Kier molecular flexibility index (Phi) is 6.31. The maximum absolute atomic E-state index is 12.9. The van der Waals surface area contributed by atoms with E-state index in [2.05, 4.69) is 10.3 Å². The van der Waals surface area contributed by atoms with E-state index < -0.39 is 0 Å². The number of carbonyl (C=O) groups excluding carboxylic acids is 1. The van der Waals surface area contributed by atoms with Gasteiger partial charge in [0.1, 0.15) is 10.4 Å². The van der Waals surface area contributed by atoms with Crippen LogP contribution in [0.3, 0.4) is 0 Å². The van der Waals surface area contributed by atoms with Crippen LogP contribution in [0.4, 0.5) is 5.95 Å². The number of aromatic amines is 1. The third-order valence-electron chi connectivity index (χ3n) is 6.19. The van der Waals surface area contributed by atoms with E-state index in [1.807, 2.05) is 64.9 Å². The van der Waals surface area contributed by atoms with Crippen LogP contribution >= 0.6 is 11.3 Å². The molecule has 0 saturated carbocycles. The predicted octanol–water partition coefficient (Wildman–Crippen LogP) is 4.19. The van der Waals surface area contributed by atoms with Crippen molar-refractivity contribution in [3.63, 3.8) is 0 Å². The van der Waals surface area contributed by atoms with Gasteiger partial charge in [-0.2, -0.15) is 0 Å². The Bertz CT molecular complexity index is 1370. The monoisotopic (exact) mass is 474 g/mol. The average Bonchev–Trinajstić information content (AvgIpc) is 3.33. The topological polar surface area (TPSA) is 87.3 Å². The van der Waals surface area contributed by atoms with Crippen LogP contribution in [0.2, 0.25) is 0 Å². The summed E-state index contributed by atoms with van der Waals surface area (Å²) in [5.41, 5.74) is 3.54. The first-order chi connectivity index (χ1) is 16.6. The number of H-pyrrole nitrogens is 1. The van der Waals surface area contributed by atoms with Crippen molar-refractivity contribution in [2.45, 2.75) is 19.4 Å². The van der Waals surface area contributed by atoms with Gasteiger partial charge in [0.2, 0.25) is 11.9 Å². The molecule has 0 spiro atoms. The Morgan fingerprint density at radius 1 is 1.24 bits per heavy atom. The predicted molar refractivity (Wildman–Crippen MR) is 135 cm³/mol. The molecule has 1 saturated heterocycles. The zero-order valence-corrected chi connectivity index (χ0v) is 19.7. The molecule has 34 heavy (non-hydrogen) atoms. The van der Waals surface area contributed by atoms with Gasteiger partial charge >= 0.3 is 0 Å². The lowest BCUT2D eigenvalue weighted by atomic mass is 9.97. The molecular formula is C26H26N4O3S. The quantitative estimate of drug-likeness (QED) is 0.438. The number of anilines is 1. The van der Waals surface area contributed by atoms with E-state index in [-0.39, 0.29) is 17.4 Å². The molecule has 7 nitrogen and oxygen atoms in total.